The Balaban J connectivity index is 2.37. The molecule has 0 aromatic rings. The van der Waals surface area contributed by atoms with Crippen LogP contribution in [0.2, 0.25) is 0 Å². The molecule has 80 valence electrons. The van der Waals surface area contributed by atoms with Gasteiger partial charge in [0.05, 0.1) is 14.6 Å². The Kier molecular flexibility index (Phi) is 4.34. The van der Waals surface area contributed by atoms with Crippen molar-refractivity contribution in [2.24, 2.45) is 0 Å². The summed E-state index contributed by atoms with van der Waals surface area (Å²) in [4.78, 5) is 22.2. The predicted octanol–water partition coefficient (Wildman–Crippen LogP) is 1.43. The second-order valence-corrected chi connectivity index (χ2v) is 3.23. The molecule has 0 aromatic heterocycles. The maximum Gasteiger partial charge on any atom is 0.305 e. The molecule has 1 fully saturated rings. The fourth-order valence-electron chi connectivity index (χ4n) is 1.17. The van der Waals surface area contributed by atoms with Gasteiger partial charge in [0.2, 0.25) is 0 Å². The molecule has 0 N–H and O–H groups in total. The first-order valence-corrected chi connectivity index (χ1v) is 4.96. The van der Waals surface area contributed by atoms with Crippen LogP contribution in [0.3, 0.4) is 0 Å². The van der Waals surface area contributed by atoms with Crippen molar-refractivity contribution in [2.75, 3.05) is 13.2 Å². The molecule has 14 heavy (non-hydrogen) atoms. The molecule has 0 radical (unpaired) electrons. The van der Waals surface area contributed by atoms with Gasteiger partial charge in [-0.25, -0.2) is 0 Å². The van der Waals surface area contributed by atoms with Crippen molar-refractivity contribution in [3.63, 3.8) is 0 Å². The van der Waals surface area contributed by atoms with Crippen LogP contribution in [-0.2, 0) is 19.1 Å². The summed E-state index contributed by atoms with van der Waals surface area (Å²) in [5, 5.41) is 0. The molecule has 0 saturated carbocycles. The molecule has 0 spiro atoms. The molecule has 1 atom stereocenters. The highest BCUT2D eigenvalue weighted by molar-refractivity contribution is 5.70. The Morgan fingerprint density at radius 3 is 2.29 bits per heavy atom. The third-order valence-corrected chi connectivity index (χ3v) is 1.96. The topological polar surface area (TPSA) is 52.6 Å². The van der Waals surface area contributed by atoms with Crippen molar-refractivity contribution in [1.82, 2.24) is 0 Å². The van der Waals surface area contributed by atoms with Crippen molar-refractivity contribution < 1.29 is 20.4 Å². The lowest BCUT2D eigenvalue weighted by Gasteiger charge is -2.08. The third kappa shape index (κ3) is 4.84. The SMILES string of the molecule is [2H]C1CCCOC(=O)CCCCC(=O)O1. The van der Waals surface area contributed by atoms with E-state index in [2.05, 4.69) is 0 Å². The summed E-state index contributed by atoms with van der Waals surface area (Å²) in [5.41, 5.74) is 0. The van der Waals surface area contributed by atoms with Gasteiger partial charge in [-0.1, -0.05) is 0 Å². The number of carbonyl (C=O) groups is 2. The van der Waals surface area contributed by atoms with Crippen molar-refractivity contribution in [3.8, 4) is 0 Å². The summed E-state index contributed by atoms with van der Waals surface area (Å²) >= 11 is 0. The monoisotopic (exact) mass is 201 g/mol. The number of cyclic esters (lactones) is 2. The molecular weight excluding hydrogens is 184 g/mol. The molecule has 4 heteroatoms. The first kappa shape index (κ1) is 9.49. The molecule has 1 aliphatic rings. The van der Waals surface area contributed by atoms with Crippen LogP contribution in [-0.4, -0.2) is 25.1 Å². The van der Waals surface area contributed by atoms with Crippen LogP contribution in [0.4, 0.5) is 0 Å². The van der Waals surface area contributed by atoms with E-state index in [0.717, 1.165) is 0 Å². The van der Waals surface area contributed by atoms with E-state index in [1.807, 2.05) is 0 Å². The number of ether oxygens (including phenoxy) is 2. The maximum absolute atomic E-state index is 11.1. The van der Waals surface area contributed by atoms with Gasteiger partial charge in [-0.15, -0.1) is 0 Å². The van der Waals surface area contributed by atoms with Gasteiger partial charge in [0.15, 0.2) is 0 Å². The van der Waals surface area contributed by atoms with E-state index >= 15 is 0 Å². The number of esters is 2. The summed E-state index contributed by atoms with van der Waals surface area (Å²) in [6.45, 7) is -0.512. The molecule has 0 aromatic carbocycles. The quantitative estimate of drug-likeness (QED) is 0.556. The molecule has 0 bridgehead atoms. The molecule has 1 rings (SSSR count). The lowest BCUT2D eigenvalue weighted by atomic mass is 10.2. The summed E-state index contributed by atoms with van der Waals surface area (Å²) in [6, 6.07) is 0. The van der Waals surface area contributed by atoms with Gasteiger partial charge in [-0.05, 0) is 25.7 Å². The minimum Gasteiger partial charge on any atom is -0.466 e. The summed E-state index contributed by atoms with van der Waals surface area (Å²) < 4.78 is 17.2. The molecule has 0 amide bonds. The van der Waals surface area contributed by atoms with E-state index in [9.17, 15) is 9.59 Å². The Labute approximate surface area is 85.0 Å². The molecule has 4 nitrogen and oxygen atoms in total. The van der Waals surface area contributed by atoms with Gasteiger partial charge < -0.3 is 9.47 Å². The highest BCUT2D eigenvalue weighted by Gasteiger charge is 2.07. The zero-order valence-corrected chi connectivity index (χ0v) is 8.16. The van der Waals surface area contributed by atoms with Crippen LogP contribution in [0.5, 0.6) is 0 Å². The fraction of sp³-hybridized carbons (Fsp3) is 0.800. The van der Waals surface area contributed by atoms with E-state index in [1.165, 1.54) is 0 Å². The molecule has 1 aliphatic heterocycles. The minimum atomic E-state index is -0.823. The van der Waals surface area contributed by atoms with Crippen LogP contribution in [0.15, 0.2) is 0 Å². The van der Waals surface area contributed by atoms with Crippen LogP contribution < -0.4 is 0 Å². The molecule has 1 heterocycles. The zero-order valence-electron chi connectivity index (χ0n) is 9.16. The molecular formula is C10H16O4. The number of rotatable bonds is 0. The lowest BCUT2D eigenvalue weighted by Crippen LogP contribution is -2.11. The summed E-state index contributed by atoms with van der Waals surface area (Å²) in [7, 11) is 0. The molecule has 0 aliphatic carbocycles. The summed E-state index contributed by atoms with van der Waals surface area (Å²) in [6.07, 6.45) is 2.86. The number of carbonyl (C=O) groups excluding carboxylic acids is 2. The van der Waals surface area contributed by atoms with Crippen LogP contribution >= 0.6 is 0 Å². The Morgan fingerprint density at radius 1 is 0.929 bits per heavy atom. The van der Waals surface area contributed by atoms with Crippen molar-refractivity contribution in [3.05, 3.63) is 0 Å². The standard InChI is InChI=1S/C10H16O4/c11-9-5-1-2-6-10(12)14-8-4-3-7-13-9/h1-8H2/i7D. The fourth-order valence-corrected chi connectivity index (χ4v) is 1.17. The Hall–Kier alpha value is -1.06. The van der Waals surface area contributed by atoms with Crippen LogP contribution in [0.25, 0.3) is 0 Å². The minimum absolute atomic E-state index is 0.217. The van der Waals surface area contributed by atoms with Crippen molar-refractivity contribution >= 4 is 11.9 Å². The third-order valence-electron chi connectivity index (χ3n) is 1.96. The number of hydrogen-bond acceptors (Lipinski definition) is 4. The van der Waals surface area contributed by atoms with E-state index in [4.69, 9.17) is 10.8 Å². The smallest absolute Gasteiger partial charge is 0.305 e. The van der Waals surface area contributed by atoms with Gasteiger partial charge in [0, 0.05) is 12.8 Å². The first-order chi connectivity index (χ1) is 7.18. The highest BCUT2D eigenvalue weighted by Crippen LogP contribution is 2.05. The van der Waals surface area contributed by atoms with Crippen molar-refractivity contribution in [2.45, 2.75) is 38.5 Å². The zero-order chi connectivity index (χ0) is 11.1. The average molecular weight is 201 g/mol. The highest BCUT2D eigenvalue weighted by atomic mass is 16.5. The van der Waals surface area contributed by atoms with E-state index in [0.29, 0.717) is 38.7 Å². The predicted molar refractivity (Wildman–Crippen MR) is 49.6 cm³/mol. The molecule has 1 unspecified atom stereocenters. The van der Waals surface area contributed by atoms with Gasteiger partial charge in [0.25, 0.3) is 0 Å². The normalized spacial score (nSPS) is 27.7. The largest absolute Gasteiger partial charge is 0.466 e. The lowest BCUT2D eigenvalue weighted by molar-refractivity contribution is -0.147. The van der Waals surface area contributed by atoms with Gasteiger partial charge >= 0.3 is 11.9 Å². The number of hydrogen-bond donors (Lipinski definition) is 0. The first-order valence-electron chi connectivity index (χ1n) is 5.53. The average Bonchev–Trinajstić information content (AvgIpc) is 2.18. The van der Waals surface area contributed by atoms with Crippen molar-refractivity contribution in [1.29, 1.82) is 0 Å². The maximum atomic E-state index is 11.1. The van der Waals surface area contributed by atoms with E-state index in [-0.39, 0.29) is 18.4 Å². The van der Waals surface area contributed by atoms with Gasteiger partial charge in [-0.2, -0.15) is 0 Å². The van der Waals surface area contributed by atoms with Gasteiger partial charge in [0.1, 0.15) is 0 Å². The summed E-state index contributed by atoms with van der Waals surface area (Å²) in [5.74, 6) is -0.561. The Bertz CT molecular complexity index is 229. The van der Waals surface area contributed by atoms with E-state index in [1.54, 1.807) is 0 Å². The Morgan fingerprint density at radius 2 is 1.57 bits per heavy atom. The molecule has 1 saturated heterocycles. The second-order valence-electron chi connectivity index (χ2n) is 3.23. The van der Waals surface area contributed by atoms with Gasteiger partial charge in [-0.3, -0.25) is 9.59 Å². The van der Waals surface area contributed by atoms with Crippen LogP contribution in [0.1, 0.15) is 39.9 Å². The second kappa shape index (κ2) is 6.40. The van der Waals surface area contributed by atoms with E-state index < -0.39 is 6.58 Å². The van der Waals surface area contributed by atoms with Crippen LogP contribution in [0, 0.1) is 0 Å².